The Bertz CT molecular complexity index is 514. The number of aromatic nitrogens is 3. The fourth-order valence-corrected chi connectivity index (χ4v) is 3.21. The van der Waals surface area contributed by atoms with E-state index in [0.717, 1.165) is 5.65 Å². The largest absolute Gasteiger partial charge is 0.233 e. The van der Waals surface area contributed by atoms with Crippen LogP contribution in [0.3, 0.4) is 0 Å². The highest BCUT2D eigenvalue weighted by Crippen LogP contribution is 2.33. The van der Waals surface area contributed by atoms with Gasteiger partial charge < -0.3 is 0 Å². The lowest BCUT2D eigenvalue weighted by Gasteiger charge is -2.21. The SMILES string of the molecule is CSc1cc(C2CCCCC2)nc2ccnn12. The van der Waals surface area contributed by atoms with Crippen LogP contribution in [0.15, 0.2) is 23.4 Å². The van der Waals surface area contributed by atoms with Crippen LogP contribution in [0.25, 0.3) is 5.65 Å². The summed E-state index contributed by atoms with van der Waals surface area (Å²) in [5.41, 5.74) is 2.25. The molecule has 0 unspecified atom stereocenters. The molecule has 0 aromatic carbocycles. The summed E-state index contributed by atoms with van der Waals surface area (Å²) in [5.74, 6) is 0.662. The molecule has 0 N–H and O–H groups in total. The summed E-state index contributed by atoms with van der Waals surface area (Å²) >= 11 is 1.74. The first-order valence-electron chi connectivity index (χ1n) is 6.27. The molecule has 2 heterocycles. The molecule has 1 fully saturated rings. The minimum absolute atomic E-state index is 0.662. The maximum Gasteiger partial charge on any atom is 0.156 e. The second kappa shape index (κ2) is 4.69. The molecule has 0 saturated heterocycles. The van der Waals surface area contributed by atoms with Gasteiger partial charge in [-0.25, -0.2) is 9.50 Å². The second-order valence-electron chi connectivity index (χ2n) is 4.66. The van der Waals surface area contributed by atoms with Crippen molar-refractivity contribution < 1.29 is 0 Å². The number of nitrogens with zero attached hydrogens (tertiary/aromatic N) is 3. The van der Waals surface area contributed by atoms with Crippen molar-refractivity contribution in [3.63, 3.8) is 0 Å². The maximum absolute atomic E-state index is 4.75. The van der Waals surface area contributed by atoms with Gasteiger partial charge in [-0.3, -0.25) is 0 Å². The average Bonchev–Trinajstić information content (AvgIpc) is 2.86. The van der Waals surface area contributed by atoms with Crippen LogP contribution in [0.5, 0.6) is 0 Å². The van der Waals surface area contributed by atoms with Crippen LogP contribution in [0.4, 0.5) is 0 Å². The van der Waals surface area contributed by atoms with Crippen molar-refractivity contribution in [2.75, 3.05) is 6.26 Å². The topological polar surface area (TPSA) is 30.2 Å². The van der Waals surface area contributed by atoms with Crippen molar-refractivity contribution in [2.45, 2.75) is 43.0 Å². The zero-order valence-corrected chi connectivity index (χ0v) is 10.9. The van der Waals surface area contributed by atoms with Gasteiger partial charge in [-0.05, 0) is 25.2 Å². The van der Waals surface area contributed by atoms with E-state index in [0.29, 0.717) is 5.92 Å². The highest BCUT2D eigenvalue weighted by molar-refractivity contribution is 7.98. The van der Waals surface area contributed by atoms with Crippen molar-refractivity contribution in [3.8, 4) is 0 Å². The van der Waals surface area contributed by atoms with E-state index in [1.165, 1.54) is 42.8 Å². The van der Waals surface area contributed by atoms with E-state index in [1.807, 2.05) is 16.8 Å². The van der Waals surface area contributed by atoms with Crippen LogP contribution in [0.2, 0.25) is 0 Å². The summed E-state index contributed by atoms with van der Waals surface area (Å²) in [6, 6.07) is 4.21. The zero-order valence-electron chi connectivity index (χ0n) is 10.1. The molecule has 0 radical (unpaired) electrons. The summed E-state index contributed by atoms with van der Waals surface area (Å²) in [4.78, 5) is 4.75. The van der Waals surface area contributed by atoms with E-state index in [-0.39, 0.29) is 0 Å². The summed E-state index contributed by atoms with van der Waals surface area (Å²) in [7, 11) is 0. The predicted octanol–water partition coefficient (Wildman–Crippen LogP) is 3.50. The van der Waals surface area contributed by atoms with Gasteiger partial charge >= 0.3 is 0 Å². The standard InChI is InChI=1S/C13H17N3S/c1-17-13-9-11(10-5-3-2-4-6-10)15-12-7-8-14-16(12)13/h7-10H,2-6H2,1H3. The molecule has 0 aliphatic heterocycles. The van der Waals surface area contributed by atoms with E-state index in [2.05, 4.69) is 17.4 Å². The minimum Gasteiger partial charge on any atom is -0.233 e. The molecule has 2 aromatic heterocycles. The Labute approximate surface area is 106 Å². The minimum atomic E-state index is 0.662. The molecule has 0 atom stereocenters. The molecule has 0 amide bonds. The Hall–Kier alpha value is -1.03. The van der Waals surface area contributed by atoms with Gasteiger partial charge in [0.25, 0.3) is 0 Å². The number of hydrogen-bond donors (Lipinski definition) is 0. The van der Waals surface area contributed by atoms with Crippen LogP contribution < -0.4 is 0 Å². The second-order valence-corrected chi connectivity index (χ2v) is 5.49. The predicted molar refractivity (Wildman–Crippen MR) is 70.6 cm³/mol. The first kappa shape index (κ1) is 11.1. The monoisotopic (exact) mass is 247 g/mol. The van der Waals surface area contributed by atoms with Gasteiger partial charge in [-0.15, -0.1) is 11.8 Å². The first-order valence-corrected chi connectivity index (χ1v) is 7.49. The third kappa shape index (κ3) is 2.06. The lowest BCUT2D eigenvalue weighted by Crippen LogP contribution is -2.08. The lowest BCUT2D eigenvalue weighted by atomic mass is 9.87. The fourth-order valence-electron chi connectivity index (χ4n) is 2.66. The van der Waals surface area contributed by atoms with E-state index < -0.39 is 0 Å². The Morgan fingerprint density at radius 3 is 2.88 bits per heavy atom. The number of rotatable bonds is 2. The highest BCUT2D eigenvalue weighted by Gasteiger charge is 2.18. The molecule has 17 heavy (non-hydrogen) atoms. The molecular weight excluding hydrogens is 230 g/mol. The Kier molecular flexibility index (Phi) is 3.05. The average molecular weight is 247 g/mol. The highest BCUT2D eigenvalue weighted by atomic mass is 32.2. The quantitative estimate of drug-likeness (QED) is 0.601. The Morgan fingerprint density at radius 2 is 2.12 bits per heavy atom. The zero-order chi connectivity index (χ0) is 11.7. The van der Waals surface area contributed by atoms with Crippen molar-refractivity contribution in [2.24, 2.45) is 0 Å². The van der Waals surface area contributed by atoms with Gasteiger partial charge in [0.1, 0.15) is 5.03 Å². The van der Waals surface area contributed by atoms with E-state index >= 15 is 0 Å². The molecule has 1 aliphatic rings. The van der Waals surface area contributed by atoms with E-state index in [9.17, 15) is 0 Å². The van der Waals surface area contributed by atoms with Crippen molar-refractivity contribution in [1.29, 1.82) is 0 Å². The number of hydrogen-bond acceptors (Lipinski definition) is 3. The Morgan fingerprint density at radius 1 is 1.29 bits per heavy atom. The molecule has 0 spiro atoms. The lowest BCUT2D eigenvalue weighted by molar-refractivity contribution is 0.435. The van der Waals surface area contributed by atoms with Crippen molar-refractivity contribution >= 4 is 17.4 Å². The normalized spacial score (nSPS) is 17.7. The van der Waals surface area contributed by atoms with E-state index in [4.69, 9.17) is 4.98 Å². The van der Waals surface area contributed by atoms with Gasteiger partial charge in [-0.2, -0.15) is 5.10 Å². The number of fused-ring (bicyclic) bond motifs is 1. The third-order valence-electron chi connectivity index (χ3n) is 3.58. The van der Waals surface area contributed by atoms with Gasteiger partial charge in [0.2, 0.25) is 0 Å². The molecule has 3 nitrogen and oxygen atoms in total. The van der Waals surface area contributed by atoms with Gasteiger partial charge in [0.15, 0.2) is 5.65 Å². The van der Waals surface area contributed by atoms with Gasteiger partial charge in [-0.1, -0.05) is 19.3 Å². The molecule has 90 valence electrons. The Balaban J connectivity index is 2.03. The van der Waals surface area contributed by atoms with Crippen LogP contribution in [-0.4, -0.2) is 20.9 Å². The number of thioether (sulfide) groups is 1. The van der Waals surface area contributed by atoms with Crippen LogP contribution >= 0.6 is 11.8 Å². The molecule has 1 saturated carbocycles. The van der Waals surface area contributed by atoms with Crippen molar-refractivity contribution in [1.82, 2.24) is 14.6 Å². The van der Waals surface area contributed by atoms with Crippen LogP contribution in [0, 0.1) is 0 Å². The van der Waals surface area contributed by atoms with Crippen LogP contribution in [0.1, 0.15) is 43.7 Å². The molecule has 4 heteroatoms. The summed E-state index contributed by atoms with van der Waals surface area (Å²) in [5, 5.41) is 5.50. The fraction of sp³-hybridized carbons (Fsp3) is 0.538. The first-order chi connectivity index (χ1) is 8.38. The van der Waals surface area contributed by atoms with Crippen LogP contribution in [-0.2, 0) is 0 Å². The maximum atomic E-state index is 4.75. The third-order valence-corrected chi connectivity index (χ3v) is 4.29. The molecule has 1 aliphatic carbocycles. The molecule has 3 rings (SSSR count). The summed E-state index contributed by atoms with van der Waals surface area (Å²) in [6.45, 7) is 0. The smallest absolute Gasteiger partial charge is 0.156 e. The molecular formula is C13H17N3S. The molecule has 2 aromatic rings. The summed E-state index contributed by atoms with van der Waals surface area (Å²) < 4.78 is 1.93. The summed E-state index contributed by atoms with van der Waals surface area (Å²) in [6.07, 6.45) is 10.6. The molecule has 0 bridgehead atoms. The van der Waals surface area contributed by atoms with Gasteiger partial charge in [0.05, 0.1) is 6.20 Å². The van der Waals surface area contributed by atoms with Gasteiger partial charge in [0, 0.05) is 17.7 Å². The van der Waals surface area contributed by atoms with E-state index in [1.54, 1.807) is 11.8 Å². The van der Waals surface area contributed by atoms with Crippen molar-refractivity contribution in [3.05, 3.63) is 24.0 Å².